The Morgan fingerprint density at radius 2 is 2.25 bits per heavy atom. The number of thiophene rings is 1. The van der Waals surface area contributed by atoms with Gasteiger partial charge in [-0.1, -0.05) is 0 Å². The zero-order chi connectivity index (χ0) is 5.98. The van der Waals surface area contributed by atoms with Gasteiger partial charge in [-0.25, -0.2) is 8.42 Å². The number of rotatable bonds is 1. The van der Waals surface area contributed by atoms with Crippen LogP contribution in [0.15, 0.2) is 21.7 Å². The first kappa shape index (κ1) is 5.78. The molecule has 1 rings (SSSR count). The molecule has 4 heteroatoms. The highest BCUT2D eigenvalue weighted by molar-refractivity contribution is 7.72. The Bertz CT molecular complexity index is 214. The van der Waals surface area contributed by atoms with Crippen LogP contribution in [0.5, 0.6) is 0 Å². The van der Waals surface area contributed by atoms with Gasteiger partial charge in [0.1, 0.15) is 0 Å². The predicted molar refractivity (Wildman–Crippen MR) is 32.9 cm³/mol. The van der Waals surface area contributed by atoms with Crippen molar-refractivity contribution in [2.45, 2.75) is 4.90 Å². The van der Waals surface area contributed by atoms with E-state index >= 15 is 0 Å². The van der Waals surface area contributed by atoms with Crippen molar-refractivity contribution in [2.24, 2.45) is 0 Å². The first-order valence-corrected chi connectivity index (χ1v) is 4.09. The predicted octanol–water partition coefficient (Wildman–Crippen LogP) is 0.718. The van der Waals surface area contributed by atoms with Crippen LogP contribution in [0.2, 0.25) is 0 Å². The summed E-state index contributed by atoms with van der Waals surface area (Å²) < 4.78 is 20.2. The van der Waals surface area contributed by atoms with Gasteiger partial charge in [-0.2, -0.15) is 11.3 Å². The van der Waals surface area contributed by atoms with Crippen molar-refractivity contribution in [3.05, 3.63) is 16.8 Å². The van der Waals surface area contributed by atoms with E-state index in [2.05, 4.69) is 0 Å². The van der Waals surface area contributed by atoms with E-state index in [-0.39, 0.29) is 0 Å². The minimum atomic E-state index is -2.35. The Labute approximate surface area is 52.7 Å². The Hall–Kier alpha value is -0.350. The summed E-state index contributed by atoms with van der Waals surface area (Å²) in [6, 6.07) is 1.58. The second-order valence-corrected chi connectivity index (χ2v) is 3.05. The molecular formula is C4H4O2S2. The molecule has 0 unspecified atom stereocenters. The highest BCUT2D eigenvalue weighted by atomic mass is 32.2. The van der Waals surface area contributed by atoms with Gasteiger partial charge in [-0.05, 0) is 11.4 Å². The summed E-state index contributed by atoms with van der Waals surface area (Å²) >= 11 is 1.38. The molecule has 2 nitrogen and oxygen atoms in total. The average Bonchev–Trinajstić information content (AvgIpc) is 2.12. The Morgan fingerprint density at radius 3 is 2.50 bits per heavy atom. The number of hydrogen-bond acceptors (Lipinski definition) is 3. The molecule has 0 spiro atoms. The Morgan fingerprint density at radius 1 is 1.50 bits per heavy atom. The van der Waals surface area contributed by atoms with Crippen molar-refractivity contribution < 1.29 is 8.42 Å². The lowest BCUT2D eigenvalue weighted by Crippen LogP contribution is -1.69. The zero-order valence-electron chi connectivity index (χ0n) is 3.90. The van der Waals surface area contributed by atoms with Crippen LogP contribution in [0.25, 0.3) is 0 Å². The SMILES string of the molecule is O=[SH](=O)c1ccsc1. The highest BCUT2D eigenvalue weighted by Gasteiger charge is 1.89. The Kier molecular flexibility index (Phi) is 1.65. The van der Waals surface area contributed by atoms with E-state index in [4.69, 9.17) is 0 Å². The van der Waals surface area contributed by atoms with Crippen LogP contribution in [-0.4, -0.2) is 8.42 Å². The van der Waals surface area contributed by atoms with E-state index < -0.39 is 10.7 Å². The lowest BCUT2D eigenvalue weighted by atomic mass is 10.7. The van der Waals surface area contributed by atoms with Crippen molar-refractivity contribution in [1.82, 2.24) is 0 Å². The van der Waals surface area contributed by atoms with Gasteiger partial charge in [0.05, 0.1) is 4.90 Å². The molecule has 0 aromatic carbocycles. The standard InChI is InChI=1S/C4H4O2S2/c5-8(6)4-1-2-7-3-4/h1-3,8H. The summed E-state index contributed by atoms with van der Waals surface area (Å²) in [7, 11) is -2.35. The van der Waals surface area contributed by atoms with Crippen LogP contribution in [-0.2, 0) is 10.7 Å². The lowest BCUT2D eigenvalue weighted by molar-refractivity contribution is 0.615. The normalized spacial score (nSPS) is 10.1. The second-order valence-electron chi connectivity index (χ2n) is 1.24. The van der Waals surface area contributed by atoms with E-state index in [0.717, 1.165) is 0 Å². The first-order chi connectivity index (χ1) is 3.80. The molecule has 0 amide bonds. The summed E-state index contributed by atoms with van der Waals surface area (Å²) in [6.07, 6.45) is 0. The molecule has 44 valence electrons. The molecule has 0 saturated carbocycles. The van der Waals surface area contributed by atoms with Crippen molar-refractivity contribution in [2.75, 3.05) is 0 Å². The van der Waals surface area contributed by atoms with Crippen LogP contribution in [0.1, 0.15) is 0 Å². The molecule has 0 atom stereocenters. The average molecular weight is 148 g/mol. The van der Waals surface area contributed by atoms with Gasteiger partial charge >= 0.3 is 0 Å². The molecule has 0 bridgehead atoms. The van der Waals surface area contributed by atoms with Crippen LogP contribution < -0.4 is 0 Å². The van der Waals surface area contributed by atoms with Crippen molar-refractivity contribution in [1.29, 1.82) is 0 Å². The van der Waals surface area contributed by atoms with Crippen LogP contribution in [0.3, 0.4) is 0 Å². The Balaban J connectivity index is 3.11. The van der Waals surface area contributed by atoms with Crippen molar-refractivity contribution in [3.8, 4) is 0 Å². The van der Waals surface area contributed by atoms with E-state index in [9.17, 15) is 8.42 Å². The van der Waals surface area contributed by atoms with Crippen LogP contribution in [0.4, 0.5) is 0 Å². The van der Waals surface area contributed by atoms with E-state index in [0.29, 0.717) is 4.90 Å². The van der Waals surface area contributed by atoms with E-state index in [1.807, 2.05) is 0 Å². The van der Waals surface area contributed by atoms with Gasteiger partial charge in [0.2, 0.25) is 0 Å². The van der Waals surface area contributed by atoms with Gasteiger partial charge in [0, 0.05) is 5.38 Å². The topological polar surface area (TPSA) is 34.1 Å². The monoisotopic (exact) mass is 148 g/mol. The molecule has 8 heavy (non-hydrogen) atoms. The summed E-state index contributed by atoms with van der Waals surface area (Å²) in [5.41, 5.74) is 0. The maximum atomic E-state index is 10.1. The van der Waals surface area contributed by atoms with Gasteiger partial charge in [-0.15, -0.1) is 0 Å². The van der Waals surface area contributed by atoms with Gasteiger partial charge in [-0.3, -0.25) is 0 Å². The maximum absolute atomic E-state index is 10.1. The van der Waals surface area contributed by atoms with Crippen molar-refractivity contribution >= 4 is 22.0 Å². The van der Waals surface area contributed by atoms with E-state index in [1.165, 1.54) is 11.3 Å². The fraction of sp³-hybridized carbons (Fsp3) is 0. The molecule has 1 aromatic rings. The number of thiol groups is 1. The van der Waals surface area contributed by atoms with Gasteiger partial charge in [0.25, 0.3) is 0 Å². The van der Waals surface area contributed by atoms with Gasteiger partial charge in [0.15, 0.2) is 10.7 Å². The van der Waals surface area contributed by atoms with E-state index in [1.54, 1.807) is 16.8 Å². The molecule has 0 saturated heterocycles. The van der Waals surface area contributed by atoms with Crippen LogP contribution >= 0.6 is 11.3 Å². The molecular weight excluding hydrogens is 144 g/mol. The number of hydrogen-bond donors (Lipinski definition) is 1. The van der Waals surface area contributed by atoms with Crippen molar-refractivity contribution in [3.63, 3.8) is 0 Å². The second kappa shape index (κ2) is 2.28. The molecule has 0 radical (unpaired) electrons. The summed E-state index contributed by atoms with van der Waals surface area (Å²) in [5.74, 6) is 0. The first-order valence-electron chi connectivity index (χ1n) is 1.97. The lowest BCUT2D eigenvalue weighted by Gasteiger charge is -1.70. The fourth-order valence-corrected chi connectivity index (χ4v) is 1.71. The molecule has 1 heterocycles. The molecule has 0 aliphatic heterocycles. The smallest absolute Gasteiger partial charge is 0.169 e. The highest BCUT2D eigenvalue weighted by Crippen LogP contribution is 2.05. The van der Waals surface area contributed by atoms with Gasteiger partial charge < -0.3 is 0 Å². The molecule has 0 aliphatic rings. The molecule has 0 aliphatic carbocycles. The summed E-state index contributed by atoms with van der Waals surface area (Å²) in [4.78, 5) is 0.407. The third-order valence-corrected chi connectivity index (χ3v) is 2.27. The third kappa shape index (κ3) is 1.08. The molecule has 0 N–H and O–H groups in total. The maximum Gasteiger partial charge on any atom is 0.169 e. The minimum Gasteiger partial charge on any atom is -0.227 e. The van der Waals surface area contributed by atoms with Crippen LogP contribution in [0, 0.1) is 0 Å². The molecule has 1 aromatic heterocycles. The summed E-state index contributed by atoms with van der Waals surface area (Å²) in [5, 5.41) is 3.34. The largest absolute Gasteiger partial charge is 0.227 e. The quantitative estimate of drug-likeness (QED) is 0.595. The fourth-order valence-electron chi connectivity index (χ4n) is 0.361. The molecule has 0 fully saturated rings. The third-order valence-electron chi connectivity index (χ3n) is 0.717. The minimum absolute atomic E-state index is 0.407. The zero-order valence-corrected chi connectivity index (χ0v) is 5.61. The summed E-state index contributed by atoms with van der Waals surface area (Å²) in [6.45, 7) is 0.